The second kappa shape index (κ2) is 9.57. The maximum absolute atomic E-state index is 13.2. The monoisotopic (exact) mass is 470 g/mol. The Morgan fingerprint density at radius 2 is 1.74 bits per heavy atom. The van der Waals surface area contributed by atoms with Crippen LogP contribution in [0.5, 0.6) is 5.88 Å². The van der Waals surface area contributed by atoms with Crippen LogP contribution in [-0.2, 0) is 19.1 Å². The summed E-state index contributed by atoms with van der Waals surface area (Å²) >= 11 is 0. The van der Waals surface area contributed by atoms with Crippen LogP contribution in [0.3, 0.4) is 0 Å². The number of nitrogens with zero attached hydrogens (tertiary/aromatic N) is 3. The number of esters is 2. The third-order valence-electron chi connectivity index (χ3n) is 5.78. The van der Waals surface area contributed by atoms with Crippen LogP contribution in [0, 0.1) is 11.3 Å². The van der Waals surface area contributed by atoms with Crippen LogP contribution < -0.4 is 15.4 Å². The van der Waals surface area contributed by atoms with Crippen LogP contribution in [-0.4, -0.2) is 38.3 Å². The van der Waals surface area contributed by atoms with E-state index in [0.29, 0.717) is 22.5 Å². The number of methoxy groups -OCH3 is 3. The number of allylic oxidation sites excluding steroid dienone is 1. The molecule has 176 valence electrons. The van der Waals surface area contributed by atoms with Crippen molar-refractivity contribution in [1.82, 2.24) is 4.98 Å². The summed E-state index contributed by atoms with van der Waals surface area (Å²) in [5.41, 5.74) is 7.42. The molecule has 0 spiro atoms. The van der Waals surface area contributed by atoms with Crippen LogP contribution in [0.15, 0.2) is 83.5 Å². The van der Waals surface area contributed by atoms with E-state index in [1.54, 1.807) is 60.8 Å². The lowest BCUT2D eigenvalue weighted by Crippen LogP contribution is -2.40. The number of fused-ring (bicyclic) bond motifs is 1. The number of carbonyl (C=O) groups is 2. The Bertz CT molecular complexity index is 1420. The topological polar surface area (TPSA) is 128 Å². The van der Waals surface area contributed by atoms with Crippen LogP contribution in [0.4, 0.5) is 5.69 Å². The lowest BCUT2D eigenvalue weighted by molar-refractivity contribution is -0.139. The summed E-state index contributed by atoms with van der Waals surface area (Å²) in [5.74, 6) is -2.19. The first-order valence-corrected chi connectivity index (χ1v) is 10.5. The third-order valence-corrected chi connectivity index (χ3v) is 5.78. The Balaban J connectivity index is 2.07. The first kappa shape index (κ1) is 23.3. The van der Waals surface area contributed by atoms with Crippen LogP contribution in [0.1, 0.15) is 11.5 Å². The maximum Gasteiger partial charge on any atom is 0.355 e. The molecule has 0 amide bonds. The third kappa shape index (κ3) is 3.91. The van der Waals surface area contributed by atoms with Crippen molar-refractivity contribution in [2.45, 2.75) is 5.92 Å². The summed E-state index contributed by atoms with van der Waals surface area (Å²) in [4.78, 5) is 31.8. The molecule has 2 aromatic carbocycles. The summed E-state index contributed by atoms with van der Waals surface area (Å²) in [6.07, 6.45) is 1.61. The van der Waals surface area contributed by atoms with Gasteiger partial charge in [-0.3, -0.25) is 4.90 Å². The highest BCUT2D eigenvalue weighted by Gasteiger charge is 2.43. The van der Waals surface area contributed by atoms with Gasteiger partial charge in [0.1, 0.15) is 11.5 Å². The van der Waals surface area contributed by atoms with Crippen LogP contribution >= 0.6 is 0 Å². The Hall–Kier alpha value is -4.84. The molecular formula is C26H22N4O5. The number of ether oxygens (including phenoxy) is 3. The lowest BCUT2D eigenvalue weighted by atomic mass is 9.81. The van der Waals surface area contributed by atoms with Gasteiger partial charge < -0.3 is 19.9 Å². The van der Waals surface area contributed by atoms with Gasteiger partial charge in [0.15, 0.2) is 0 Å². The van der Waals surface area contributed by atoms with Gasteiger partial charge in [0, 0.05) is 17.3 Å². The van der Waals surface area contributed by atoms with E-state index in [9.17, 15) is 14.9 Å². The second-order valence-electron chi connectivity index (χ2n) is 7.56. The fourth-order valence-electron chi connectivity index (χ4n) is 4.21. The Morgan fingerprint density at radius 3 is 2.37 bits per heavy atom. The minimum absolute atomic E-state index is 0.0170. The number of nitrogens with two attached hydrogens (primary N) is 1. The fraction of sp³-hybridized carbons (Fsp3) is 0.154. The van der Waals surface area contributed by atoms with Crippen molar-refractivity contribution >= 4 is 28.4 Å². The molecule has 2 N–H and O–H groups in total. The molecule has 0 radical (unpaired) electrons. The molecule has 4 rings (SSSR count). The van der Waals surface area contributed by atoms with Gasteiger partial charge in [-0.2, -0.15) is 5.26 Å². The van der Waals surface area contributed by atoms with E-state index in [1.165, 1.54) is 26.2 Å². The van der Waals surface area contributed by atoms with Crippen molar-refractivity contribution in [3.63, 3.8) is 0 Å². The highest BCUT2D eigenvalue weighted by atomic mass is 16.5. The summed E-state index contributed by atoms with van der Waals surface area (Å²) in [5, 5.41) is 11.6. The number of hydrogen-bond donors (Lipinski definition) is 1. The first-order chi connectivity index (χ1) is 17.0. The Morgan fingerprint density at radius 1 is 1.03 bits per heavy atom. The number of carbonyl (C=O) groups excluding carboxylic acids is 2. The summed E-state index contributed by atoms with van der Waals surface area (Å²) in [6, 6.07) is 18.0. The number of rotatable bonds is 5. The molecule has 35 heavy (non-hydrogen) atoms. The predicted molar refractivity (Wildman–Crippen MR) is 128 cm³/mol. The predicted octanol–water partition coefficient (Wildman–Crippen LogP) is 3.14. The van der Waals surface area contributed by atoms with E-state index < -0.39 is 17.9 Å². The minimum Gasteiger partial charge on any atom is -0.481 e. The minimum atomic E-state index is -0.935. The Labute approximate surface area is 201 Å². The van der Waals surface area contributed by atoms with Gasteiger partial charge in [-0.1, -0.05) is 36.4 Å². The molecular weight excluding hydrogens is 448 g/mol. The molecule has 0 saturated carbocycles. The summed E-state index contributed by atoms with van der Waals surface area (Å²) in [7, 11) is 3.90. The van der Waals surface area contributed by atoms with Crippen molar-refractivity contribution in [1.29, 1.82) is 5.26 Å². The molecule has 1 unspecified atom stereocenters. The standard InChI is InChI=1S/C26H22N4O5/c1-33-24-18-13-17(10-9-15(18)11-12-29-24)30-22(26(32)35-3)21(25(31)34-2)20(19(14-27)23(30)28)16-7-5-4-6-8-16/h4-13,20H,28H2,1-3H3. The SMILES string of the molecule is COC(=O)C1=C(C(=O)OC)N(c2ccc3ccnc(OC)c3c2)C(N)=C(C#N)C1c1ccccc1. The van der Waals surface area contributed by atoms with Gasteiger partial charge in [0.2, 0.25) is 5.88 Å². The molecule has 0 saturated heterocycles. The van der Waals surface area contributed by atoms with Gasteiger partial charge in [-0.15, -0.1) is 0 Å². The zero-order valence-electron chi connectivity index (χ0n) is 19.3. The molecule has 3 aromatic rings. The number of hydrogen-bond acceptors (Lipinski definition) is 9. The number of nitriles is 1. The van der Waals surface area contributed by atoms with Crippen molar-refractivity contribution in [2.75, 3.05) is 26.2 Å². The van der Waals surface area contributed by atoms with Crippen molar-refractivity contribution in [3.8, 4) is 11.9 Å². The van der Waals surface area contributed by atoms with Crippen LogP contribution in [0.25, 0.3) is 10.8 Å². The quantitative estimate of drug-likeness (QED) is 0.559. The van der Waals surface area contributed by atoms with E-state index in [4.69, 9.17) is 19.9 Å². The average molecular weight is 470 g/mol. The molecule has 2 heterocycles. The largest absolute Gasteiger partial charge is 0.481 e. The molecule has 9 nitrogen and oxygen atoms in total. The number of anilines is 1. The van der Waals surface area contributed by atoms with Gasteiger partial charge in [0.05, 0.1) is 44.5 Å². The summed E-state index contributed by atoms with van der Waals surface area (Å²) in [6.45, 7) is 0. The highest BCUT2D eigenvalue weighted by molar-refractivity contribution is 6.07. The molecule has 1 atom stereocenters. The fourth-order valence-corrected chi connectivity index (χ4v) is 4.21. The number of pyridine rings is 1. The van der Waals surface area contributed by atoms with Crippen molar-refractivity contribution in [3.05, 3.63) is 89.0 Å². The highest BCUT2D eigenvalue weighted by Crippen LogP contribution is 2.43. The zero-order chi connectivity index (χ0) is 25.1. The first-order valence-electron chi connectivity index (χ1n) is 10.5. The van der Waals surface area contributed by atoms with Crippen LogP contribution in [0.2, 0.25) is 0 Å². The molecule has 9 heteroatoms. The molecule has 0 fully saturated rings. The molecule has 1 aliphatic rings. The van der Waals surface area contributed by atoms with E-state index in [2.05, 4.69) is 11.1 Å². The second-order valence-corrected chi connectivity index (χ2v) is 7.56. The van der Waals surface area contributed by atoms with E-state index in [-0.39, 0.29) is 22.7 Å². The van der Waals surface area contributed by atoms with E-state index in [0.717, 1.165) is 5.39 Å². The molecule has 0 aliphatic carbocycles. The zero-order valence-corrected chi connectivity index (χ0v) is 19.3. The summed E-state index contributed by atoms with van der Waals surface area (Å²) < 4.78 is 15.5. The lowest BCUT2D eigenvalue weighted by Gasteiger charge is -2.36. The normalized spacial score (nSPS) is 15.6. The number of aromatic nitrogens is 1. The van der Waals surface area contributed by atoms with Gasteiger partial charge >= 0.3 is 11.9 Å². The maximum atomic E-state index is 13.2. The van der Waals surface area contributed by atoms with Gasteiger partial charge in [-0.05, 0) is 29.1 Å². The number of benzene rings is 2. The van der Waals surface area contributed by atoms with Crippen molar-refractivity contribution < 1.29 is 23.8 Å². The smallest absolute Gasteiger partial charge is 0.355 e. The van der Waals surface area contributed by atoms with E-state index >= 15 is 0 Å². The molecule has 1 aromatic heterocycles. The Kier molecular flexibility index (Phi) is 6.38. The van der Waals surface area contributed by atoms with E-state index in [1.807, 2.05) is 0 Å². The van der Waals surface area contributed by atoms with Gasteiger partial charge in [-0.25, -0.2) is 14.6 Å². The van der Waals surface area contributed by atoms with Gasteiger partial charge in [0.25, 0.3) is 0 Å². The molecule has 1 aliphatic heterocycles. The van der Waals surface area contributed by atoms with Crippen molar-refractivity contribution in [2.24, 2.45) is 5.73 Å². The molecule has 0 bridgehead atoms. The average Bonchev–Trinajstić information content (AvgIpc) is 2.91.